The quantitative estimate of drug-likeness (QED) is 0.695. The summed E-state index contributed by atoms with van der Waals surface area (Å²) in [5, 5.41) is 10.2. The lowest BCUT2D eigenvalue weighted by molar-refractivity contribution is 0.162. The molecule has 18 heavy (non-hydrogen) atoms. The van der Waals surface area contributed by atoms with E-state index in [0.717, 1.165) is 28.6 Å². The highest BCUT2D eigenvalue weighted by Crippen LogP contribution is 2.30. The summed E-state index contributed by atoms with van der Waals surface area (Å²) in [5.74, 6) is 0.806. The Hall–Kier alpha value is -0.540. The third-order valence-corrected chi connectivity index (χ3v) is 3.83. The number of rotatable bonds is 8. The van der Waals surface area contributed by atoms with E-state index in [1.54, 1.807) is 7.11 Å². The van der Waals surface area contributed by atoms with Crippen LogP contribution in [0.1, 0.15) is 57.1 Å². The molecule has 0 aliphatic heterocycles. The summed E-state index contributed by atoms with van der Waals surface area (Å²) >= 11 is 3.48. The van der Waals surface area contributed by atoms with Crippen molar-refractivity contribution in [1.29, 1.82) is 0 Å². The fourth-order valence-electron chi connectivity index (χ4n) is 2.00. The Morgan fingerprint density at radius 2 is 1.94 bits per heavy atom. The van der Waals surface area contributed by atoms with E-state index in [1.165, 1.54) is 25.7 Å². The molecule has 0 aliphatic rings. The second kappa shape index (κ2) is 8.54. The first-order valence-electron chi connectivity index (χ1n) is 6.70. The zero-order valence-corrected chi connectivity index (χ0v) is 12.9. The van der Waals surface area contributed by atoms with Crippen molar-refractivity contribution in [2.75, 3.05) is 7.11 Å². The summed E-state index contributed by atoms with van der Waals surface area (Å²) in [6.07, 6.45) is 6.56. The standard InChI is InChI=1S/C15H23BrO2/c1-3-4-5-6-7-8-15(17)13-10-9-12(18-2)11-14(13)16/h9-11,15,17H,3-8H2,1-2H3. The van der Waals surface area contributed by atoms with Gasteiger partial charge < -0.3 is 9.84 Å². The number of methoxy groups -OCH3 is 1. The highest BCUT2D eigenvalue weighted by Gasteiger charge is 2.11. The first-order chi connectivity index (χ1) is 8.69. The fourth-order valence-corrected chi connectivity index (χ4v) is 2.62. The highest BCUT2D eigenvalue weighted by molar-refractivity contribution is 9.10. The molecule has 0 aromatic heterocycles. The van der Waals surface area contributed by atoms with E-state index in [4.69, 9.17) is 4.74 Å². The zero-order valence-electron chi connectivity index (χ0n) is 11.3. The minimum Gasteiger partial charge on any atom is -0.497 e. The minimum atomic E-state index is -0.382. The number of ether oxygens (including phenoxy) is 1. The number of aliphatic hydroxyl groups is 1. The molecule has 1 rings (SSSR count). The van der Waals surface area contributed by atoms with E-state index in [-0.39, 0.29) is 6.10 Å². The van der Waals surface area contributed by atoms with Gasteiger partial charge in [0, 0.05) is 4.47 Å². The van der Waals surface area contributed by atoms with Crippen LogP contribution in [-0.2, 0) is 0 Å². The van der Waals surface area contributed by atoms with Crippen LogP contribution in [0.25, 0.3) is 0 Å². The Bertz CT molecular complexity index is 352. The van der Waals surface area contributed by atoms with Gasteiger partial charge in [0.1, 0.15) is 5.75 Å². The zero-order chi connectivity index (χ0) is 13.4. The van der Waals surface area contributed by atoms with Crippen LogP contribution in [0.4, 0.5) is 0 Å². The van der Waals surface area contributed by atoms with Gasteiger partial charge in [-0.05, 0) is 24.1 Å². The molecule has 1 unspecified atom stereocenters. The minimum absolute atomic E-state index is 0.382. The lowest BCUT2D eigenvalue weighted by Crippen LogP contribution is -1.99. The van der Waals surface area contributed by atoms with Crippen LogP contribution >= 0.6 is 15.9 Å². The molecule has 1 aromatic rings. The van der Waals surface area contributed by atoms with Crippen LogP contribution in [0.15, 0.2) is 22.7 Å². The van der Waals surface area contributed by atoms with Gasteiger partial charge in [0.25, 0.3) is 0 Å². The fraction of sp³-hybridized carbons (Fsp3) is 0.600. The second-order valence-electron chi connectivity index (χ2n) is 4.61. The van der Waals surface area contributed by atoms with Crippen LogP contribution < -0.4 is 4.74 Å². The topological polar surface area (TPSA) is 29.5 Å². The average molecular weight is 315 g/mol. The van der Waals surface area contributed by atoms with Crippen molar-refractivity contribution in [2.45, 2.75) is 51.6 Å². The summed E-state index contributed by atoms with van der Waals surface area (Å²) in [6, 6.07) is 5.72. The number of hydrogen-bond donors (Lipinski definition) is 1. The van der Waals surface area contributed by atoms with E-state index in [2.05, 4.69) is 22.9 Å². The van der Waals surface area contributed by atoms with Crippen molar-refractivity contribution in [3.63, 3.8) is 0 Å². The molecule has 0 bridgehead atoms. The van der Waals surface area contributed by atoms with Crippen molar-refractivity contribution >= 4 is 15.9 Å². The van der Waals surface area contributed by atoms with Crippen molar-refractivity contribution in [3.05, 3.63) is 28.2 Å². The molecule has 0 heterocycles. The molecule has 0 fully saturated rings. The van der Waals surface area contributed by atoms with Gasteiger partial charge in [-0.2, -0.15) is 0 Å². The van der Waals surface area contributed by atoms with Gasteiger partial charge in [0.05, 0.1) is 13.2 Å². The largest absolute Gasteiger partial charge is 0.497 e. The van der Waals surface area contributed by atoms with Crippen molar-refractivity contribution in [2.24, 2.45) is 0 Å². The summed E-state index contributed by atoms with van der Waals surface area (Å²) in [4.78, 5) is 0. The van der Waals surface area contributed by atoms with Crippen molar-refractivity contribution < 1.29 is 9.84 Å². The maximum atomic E-state index is 10.2. The Kier molecular flexibility index (Phi) is 7.36. The van der Waals surface area contributed by atoms with Gasteiger partial charge in [-0.3, -0.25) is 0 Å². The van der Waals surface area contributed by atoms with Gasteiger partial charge in [0.15, 0.2) is 0 Å². The molecule has 3 heteroatoms. The molecule has 2 nitrogen and oxygen atoms in total. The van der Waals surface area contributed by atoms with Crippen LogP contribution in [-0.4, -0.2) is 12.2 Å². The predicted octanol–water partition coefficient (Wildman–Crippen LogP) is 4.85. The molecular weight excluding hydrogens is 292 g/mol. The van der Waals surface area contributed by atoms with E-state index >= 15 is 0 Å². The van der Waals surface area contributed by atoms with Crippen LogP contribution in [0.2, 0.25) is 0 Å². The van der Waals surface area contributed by atoms with Crippen LogP contribution in [0.3, 0.4) is 0 Å². The van der Waals surface area contributed by atoms with E-state index in [1.807, 2.05) is 18.2 Å². The first-order valence-corrected chi connectivity index (χ1v) is 7.49. The van der Waals surface area contributed by atoms with Crippen molar-refractivity contribution in [3.8, 4) is 5.75 Å². The molecule has 102 valence electrons. The normalized spacial score (nSPS) is 12.4. The summed E-state index contributed by atoms with van der Waals surface area (Å²) in [6.45, 7) is 2.21. The van der Waals surface area contributed by atoms with Crippen molar-refractivity contribution in [1.82, 2.24) is 0 Å². The molecule has 1 atom stereocenters. The van der Waals surface area contributed by atoms with Crippen LogP contribution in [0, 0.1) is 0 Å². The third-order valence-electron chi connectivity index (χ3n) is 3.15. The van der Waals surface area contributed by atoms with E-state index < -0.39 is 0 Å². The number of benzene rings is 1. The van der Waals surface area contributed by atoms with Gasteiger partial charge in [-0.25, -0.2) is 0 Å². The third kappa shape index (κ3) is 4.99. The molecule has 0 amide bonds. The summed E-state index contributed by atoms with van der Waals surface area (Å²) in [5.41, 5.74) is 0.950. The smallest absolute Gasteiger partial charge is 0.120 e. The van der Waals surface area contributed by atoms with Gasteiger partial charge in [-0.15, -0.1) is 0 Å². The maximum Gasteiger partial charge on any atom is 0.120 e. The number of hydrogen-bond acceptors (Lipinski definition) is 2. The highest BCUT2D eigenvalue weighted by atomic mass is 79.9. The van der Waals surface area contributed by atoms with Crippen LogP contribution in [0.5, 0.6) is 5.75 Å². The number of aliphatic hydroxyl groups excluding tert-OH is 1. The van der Waals surface area contributed by atoms with Gasteiger partial charge in [-0.1, -0.05) is 61.0 Å². The molecule has 0 saturated heterocycles. The molecule has 0 saturated carbocycles. The Morgan fingerprint density at radius 3 is 2.56 bits per heavy atom. The predicted molar refractivity (Wildman–Crippen MR) is 79.0 cm³/mol. The van der Waals surface area contributed by atoms with E-state index in [0.29, 0.717) is 0 Å². The SMILES string of the molecule is CCCCCCCC(O)c1ccc(OC)cc1Br. The lowest BCUT2D eigenvalue weighted by atomic mass is 10.0. The molecule has 0 spiro atoms. The molecular formula is C15H23BrO2. The second-order valence-corrected chi connectivity index (χ2v) is 5.46. The summed E-state index contributed by atoms with van der Waals surface area (Å²) in [7, 11) is 1.64. The Balaban J connectivity index is 2.43. The monoisotopic (exact) mass is 314 g/mol. The molecule has 0 aliphatic carbocycles. The number of halogens is 1. The Labute approximate surface area is 118 Å². The molecule has 1 N–H and O–H groups in total. The number of unbranched alkanes of at least 4 members (excludes halogenated alkanes) is 4. The average Bonchev–Trinajstić information content (AvgIpc) is 2.38. The van der Waals surface area contributed by atoms with E-state index in [9.17, 15) is 5.11 Å². The molecule has 1 aromatic carbocycles. The molecule has 0 radical (unpaired) electrons. The Morgan fingerprint density at radius 1 is 1.22 bits per heavy atom. The van der Waals surface area contributed by atoms with Gasteiger partial charge in [0.2, 0.25) is 0 Å². The first kappa shape index (κ1) is 15.5. The summed E-state index contributed by atoms with van der Waals surface area (Å²) < 4.78 is 6.06. The lowest BCUT2D eigenvalue weighted by Gasteiger charge is -2.13. The van der Waals surface area contributed by atoms with Gasteiger partial charge >= 0.3 is 0 Å². The maximum absolute atomic E-state index is 10.2.